The Hall–Kier alpha value is -3.03. The first-order valence-corrected chi connectivity index (χ1v) is 6.26. The average molecular weight is 284 g/mol. The van der Waals surface area contributed by atoms with Crippen LogP contribution in [0.25, 0.3) is 11.2 Å². The SMILES string of the molecule is CNc1ncnc2c1ncn2Cc1ccc([N+](=O)[O-])cc1. The van der Waals surface area contributed by atoms with Crippen LogP contribution < -0.4 is 5.32 Å². The van der Waals surface area contributed by atoms with Crippen molar-refractivity contribution in [2.45, 2.75) is 6.54 Å². The molecule has 21 heavy (non-hydrogen) atoms. The molecule has 0 aliphatic heterocycles. The minimum atomic E-state index is -0.414. The molecule has 0 amide bonds. The van der Waals surface area contributed by atoms with Gasteiger partial charge in [-0.25, -0.2) is 15.0 Å². The van der Waals surface area contributed by atoms with E-state index in [9.17, 15) is 10.1 Å². The van der Waals surface area contributed by atoms with Gasteiger partial charge in [0.2, 0.25) is 0 Å². The predicted octanol–water partition coefficient (Wildman–Crippen LogP) is 1.82. The molecule has 0 bridgehead atoms. The van der Waals surface area contributed by atoms with E-state index >= 15 is 0 Å². The van der Waals surface area contributed by atoms with Crippen LogP contribution in [-0.2, 0) is 6.54 Å². The minimum Gasteiger partial charge on any atom is -0.371 e. The van der Waals surface area contributed by atoms with Gasteiger partial charge in [-0.05, 0) is 5.56 Å². The number of non-ortho nitro benzene ring substituents is 1. The number of rotatable bonds is 4. The van der Waals surface area contributed by atoms with E-state index in [-0.39, 0.29) is 5.69 Å². The van der Waals surface area contributed by atoms with E-state index in [0.717, 1.165) is 5.56 Å². The van der Waals surface area contributed by atoms with Crippen molar-refractivity contribution >= 4 is 22.7 Å². The number of nitro groups is 1. The normalized spacial score (nSPS) is 10.7. The van der Waals surface area contributed by atoms with Crippen LogP contribution in [0.1, 0.15) is 5.56 Å². The second-order valence-electron chi connectivity index (χ2n) is 4.44. The van der Waals surface area contributed by atoms with Crippen molar-refractivity contribution in [3.8, 4) is 0 Å². The molecule has 3 aromatic rings. The molecule has 8 heteroatoms. The van der Waals surface area contributed by atoms with Gasteiger partial charge in [0.1, 0.15) is 11.8 Å². The lowest BCUT2D eigenvalue weighted by atomic mass is 10.2. The van der Waals surface area contributed by atoms with E-state index in [0.29, 0.717) is 23.5 Å². The van der Waals surface area contributed by atoms with Gasteiger partial charge in [-0.1, -0.05) is 12.1 Å². The number of hydrogen-bond acceptors (Lipinski definition) is 6. The highest BCUT2D eigenvalue weighted by atomic mass is 16.6. The van der Waals surface area contributed by atoms with Crippen LogP contribution in [0, 0.1) is 10.1 Å². The fraction of sp³-hybridized carbons (Fsp3) is 0.154. The third-order valence-corrected chi connectivity index (χ3v) is 3.14. The van der Waals surface area contributed by atoms with Crippen LogP contribution in [0.15, 0.2) is 36.9 Å². The zero-order chi connectivity index (χ0) is 14.8. The molecule has 0 radical (unpaired) electrons. The molecule has 0 fully saturated rings. The highest BCUT2D eigenvalue weighted by Crippen LogP contribution is 2.18. The van der Waals surface area contributed by atoms with Crippen LogP contribution in [0.2, 0.25) is 0 Å². The van der Waals surface area contributed by atoms with Crippen molar-refractivity contribution in [1.82, 2.24) is 19.5 Å². The first-order chi connectivity index (χ1) is 10.2. The molecular weight excluding hydrogens is 272 g/mol. The van der Waals surface area contributed by atoms with Crippen molar-refractivity contribution in [2.75, 3.05) is 12.4 Å². The first-order valence-electron chi connectivity index (χ1n) is 6.26. The summed E-state index contributed by atoms with van der Waals surface area (Å²) in [7, 11) is 1.77. The zero-order valence-corrected chi connectivity index (χ0v) is 11.2. The summed E-state index contributed by atoms with van der Waals surface area (Å²) in [5, 5.41) is 13.6. The first kappa shape index (κ1) is 13.0. The lowest BCUT2D eigenvalue weighted by Crippen LogP contribution is -2.01. The maximum Gasteiger partial charge on any atom is 0.269 e. The number of nitrogens with zero attached hydrogens (tertiary/aromatic N) is 5. The molecule has 0 saturated heterocycles. The standard InChI is InChI=1S/C13H12N6O2/c1-14-12-11-13(16-7-15-12)18(8-17-11)6-9-2-4-10(5-3-9)19(20)21/h2-5,7-8H,6H2,1H3,(H,14,15,16). The summed E-state index contributed by atoms with van der Waals surface area (Å²) in [6.07, 6.45) is 3.16. The van der Waals surface area contributed by atoms with Crippen LogP contribution in [0.4, 0.5) is 11.5 Å². The van der Waals surface area contributed by atoms with E-state index in [1.807, 2.05) is 4.57 Å². The third-order valence-electron chi connectivity index (χ3n) is 3.14. The molecular formula is C13H12N6O2. The van der Waals surface area contributed by atoms with Crippen molar-refractivity contribution < 1.29 is 4.92 Å². The molecule has 0 aliphatic carbocycles. The largest absolute Gasteiger partial charge is 0.371 e. The maximum atomic E-state index is 10.6. The molecule has 2 aromatic heterocycles. The smallest absolute Gasteiger partial charge is 0.269 e. The predicted molar refractivity (Wildman–Crippen MR) is 77.1 cm³/mol. The van der Waals surface area contributed by atoms with E-state index in [1.54, 1.807) is 25.5 Å². The second-order valence-corrected chi connectivity index (χ2v) is 4.44. The summed E-state index contributed by atoms with van der Waals surface area (Å²) in [4.78, 5) is 22.9. The number of nitrogens with one attached hydrogen (secondary N) is 1. The van der Waals surface area contributed by atoms with Crippen LogP contribution in [-0.4, -0.2) is 31.5 Å². The summed E-state index contributed by atoms with van der Waals surface area (Å²) in [5.74, 6) is 0.669. The van der Waals surface area contributed by atoms with Gasteiger partial charge < -0.3 is 9.88 Å². The summed E-state index contributed by atoms with van der Waals surface area (Å²) in [6, 6.07) is 6.43. The van der Waals surface area contributed by atoms with Gasteiger partial charge in [-0.2, -0.15) is 0 Å². The molecule has 3 rings (SSSR count). The Labute approximate surface area is 119 Å². The van der Waals surface area contributed by atoms with Crippen LogP contribution in [0.3, 0.4) is 0 Å². The molecule has 2 heterocycles. The molecule has 0 aliphatic rings. The Kier molecular flexibility index (Phi) is 3.19. The highest BCUT2D eigenvalue weighted by Gasteiger charge is 2.10. The number of benzene rings is 1. The molecule has 0 saturated carbocycles. The van der Waals surface area contributed by atoms with Gasteiger partial charge in [-0.3, -0.25) is 10.1 Å². The maximum absolute atomic E-state index is 10.6. The summed E-state index contributed by atoms with van der Waals surface area (Å²) < 4.78 is 1.87. The van der Waals surface area contributed by atoms with E-state index in [2.05, 4.69) is 20.3 Å². The lowest BCUT2D eigenvalue weighted by Gasteiger charge is -2.04. The Bertz CT molecular complexity index is 796. The average Bonchev–Trinajstić information content (AvgIpc) is 2.91. The molecule has 1 N–H and O–H groups in total. The van der Waals surface area contributed by atoms with Gasteiger partial charge in [0.15, 0.2) is 11.5 Å². The van der Waals surface area contributed by atoms with Crippen LogP contribution in [0.5, 0.6) is 0 Å². The van der Waals surface area contributed by atoms with Gasteiger partial charge in [0.05, 0.1) is 17.8 Å². The van der Waals surface area contributed by atoms with Crippen molar-refractivity contribution in [3.05, 3.63) is 52.6 Å². The van der Waals surface area contributed by atoms with Gasteiger partial charge >= 0.3 is 0 Å². The van der Waals surface area contributed by atoms with E-state index < -0.39 is 4.92 Å². The molecule has 0 atom stereocenters. The Morgan fingerprint density at radius 2 is 2.00 bits per heavy atom. The minimum absolute atomic E-state index is 0.0778. The number of hydrogen-bond donors (Lipinski definition) is 1. The molecule has 1 aromatic carbocycles. The number of nitro benzene ring substituents is 1. The van der Waals surface area contributed by atoms with Gasteiger partial charge in [0.25, 0.3) is 5.69 Å². The molecule has 0 spiro atoms. The number of imidazole rings is 1. The zero-order valence-electron chi connectivity index (χ0n) is 11.2. The van der Waals surface area contributed by atoms with Crippen molar-refractivity contribution in [3.63, 3.8) is 0 Å². The quantitative estimate of drug-likeness (QED) is 0.579. The lowest BCUT2D eigenvalue weighted by molar-refractivity contribution is -0.384. The number of anilines is 1. The number of aromatic nitrogens is 4. The van der Waals surface area contributed by atoms with Crippen LogP contribution >= 0.6 is 0 Å². The molecule has 0 unspecified atom stereocenters. The Morgan fingerprint density at radius 1 is 1.24 bits per heavy atom. The summed E-state index contributed by atoms with van der Waals surface area (Å²) in [5.41, 5.74) is 2.42. The Balaban J connectivity index is 1.93. The van der Waals surface area contributed by atoms with Gasteiger partial charge in [0, 0.05) is 19.2 Å². The fourth-order valence-electron chi connectivity index (χ4n) is 2.10. The van der Waals surface area contributed by atoms with Gasteiger partial charge in [-0.15, -0.1) is 0 Å². The monoisotopic (exact) mass is 284 g/mol. The fourth-order valence-corrected chi connectivity index (χ4v) is 2.10. The van der Waals surface area contributed by atoms with Crippen molar-refractivity contribution in [1.29, 1.82) is 0 Å². The third kappa shape index (κ3) is 2.38. The summed E-state index contributed by atoms with van der Waals surface area (Å²) >= 11 is 0. The number of fused-ring (bicyclic) bond motifs is 1. The summed E-state index contributed by atoms with van der Waals surface area (Å²) in [6.45, 7) is 0.536. The molecule has 106 valence electrons. The Morgan fingerprint density at radius 3 is 2.67 bits per heavy atom. The van der Waals surface area contributed by atoms with E-state index in [1.165, 1.54) is 18.5 Å². The molecule has 8 nitrogen and oxygen atoms in total. The van der Waals surface area contributed by atoms with E-state index in [4.69, 9.17) is 0 Å². The highest BCUT2D eigenvalue weighted by molar-refractivity contribution is 5.82. The second kappa shape index (κ2) is 5.16. The topological polar surface area (TPSA) is 98.8 Å². The van der Waals surface area contributed by atoms with Crippen molar-refractivity contribution in [2.24, 2.45) is 0 Å².